The van der Waals surface area contributed by atoms with E-state index in [1.54, 1.807) is 33.4 Å². The standard InChI is InChI=1S/C25H29N3O5/c1-14-20-18(29)12-25(2,3)13-19(20)33-22(14)24(30)27-21(23-26-7-8-28(23)4)15-9-16(31-5)11-17(10-15)32-6/h7-11,21H,12-13H2,1-6H3,(H,27,30). The highest BCUT2D eigenvalue weighted by atomic mass is 16.5. The number of imidazole rings is 1. The second-order valence-corrected chi connectivity index (χ2v) is 9.24. The fourth-order valence-corrected chi connectivity index (χ4v) is 4.44. The van der Waals surface area contributed by atoms with E-state index >= 15 is 0 Å². The SMILES string of the molecule is COc1cc(OC)cc(C(NC(=O)c2oc3c(c2C)C(=O)CC(C)(C)C3)c2nccn2C)c1. The Bertz CT molecular complexity index is 1200. The summed E-state index contributed by atoms with van der Waals surface area (Å²) in [6, 6.07) is 4.82. The number of aryl methyl sites for hydroxylation is 1. The number of carbonyl (C=O) groups is 2. The van der Waals surface area contributed by atoms with Crippen LogP contribution in [0.5, 0.6) is 11.5 Å². The third-order valence-electron chi connectivity index (χ3n) is 6.08. The molecule has 0 aliphatic heterocycles. The first kappa shape index (κ1) is 22.6. The number of furan rings is 1. The molecule has 2 aromatic heterocycles. The molecule has 174 valence electrons. The van der Waals surface area contributed by atoms with Crippen LogP contribution in [-0.4, -0.2) is 35.5 Å². The van der Waals surface area contributed by atoms with Gasteiger partial charge in [0.1, 0.15) is 29.1 Å². The van der Waals surface area contributed by atoms with E-state index in [2.05, 4.69) is 10.3 Å². The first-order chi connectivity index (χ1) is 15.6. The fraction of sp³-hybridized carbons (Fsp3) is 0.400. The third-order valence-corrected chi connectivity index (χ3v) is 6.08. The zero-order valence-corrected chi connectivity index (χ0v) is 19.8. The Kier molecular flexibility index (Phi) is 5.78. The number of aromatic nitrogens is 2. The summed E-state index contributed by atoms with van der Waals surface area (Å²) in [5.74, 6) is 2.15. The number of hydrogen-bond acceptors (Lipinski definition) is 6. The summed E-state index contributed by atoms with van der Waals surface area (Å²) < 4.78 is 18.6. The average Bonchev–Trinajstić information content (AvgIpc) is 3.33. The molecule has 8 nitrogen and oxygen atoms in total. The van der Waals surface area contributed by atoms with E-state index in [1.165, 1.54) is 0 Å². The molecule has 1 amide bonds. The second kappa shape index (κ2) is 8.42. The quantitative estimate of drug-likeness (QED) is 0.608. The van der Waals surface area contributed by atoms with Crippen molar-refractivity contribution in [3.05, 3.63) is 64.6 Å². The lowest BCUT2D eigenvalue weighted by Crippen LogP contribution is -2.31. The molecule has 0 radical (unpaired) electrons. The van der Waals surface area contributed by atoms with Gasteiger partial charge < -0.3 is 23.8 Å². The molecule has 1 aromatic carbocycles. The lowest BCUT2D eigenvalue weighted by molar-refractivity contribution is 0.0884. The van der Waals surface area contributed by atoms with Gasteiger partial charge >= 0.3 is 0 Å². The number of methoxy groups -OCH3 is 2. The van der Waals surface area contributed by atoms with Gasteiger partial charge in [0.15, 0.2) is 11.5 Å². The summed E-state index contributed by atoms with van der Waals surface area (Å²) >= 11 is 0. The first-order valence-corrected chi connectivity index (χ1v) is 10.8. The molecule has 0 bridgehead atoms. The summed E-state index contributed by atoms with van der Waals surface area (Å²) in [6.07, 6.45) is 4.52. The van der Waals surface area contributed by atoms with Gasteiger partial charge in [-0.1, -0.05) is 13.8 Å². The van der Waals surface area contributed by atoms with Crippen molar-refractivity contribution in [3.63, 3.8) is 0 Å². The predicted molar refractivity (Wildman–Crippen MR) is 122 cm³/mol. The van der Waals surface area contributed by atoms with Gasteiger partial charge in [0, 0.05) is 43.9 Å². The molecule has 1 atom stereocenters. The molecule has 4 rings (SSSR count). The number of nitrogens with zero attached hydrogens (tertiary/aromatic N) is 2. The van der Waals surface area contributed by atoms with Crippen molar-refractivity contribution >= 4 is 11.7 Å². The molecule has 1 aliphatic carbocycles. The Balaban J connectivity index is 1.74. The Morgan fingerprint density at radius 1 is 1.18 bits per heavy atom. The molecule has 1 aliphatic rings. The smallest absolute Gasteiger partial charge is 0.288 e. The summed E-state index contributed by atoms with van der Waals surface area (Å²) in [5, 5.41) is 3.04. The summed E-state index contributed by atoms with van der Waals surface area (Å²) in [5.41, 5.74) is 1.65. The topological polar surface area (TPSA) is 95.6 Å². The average molecular weight is 452 g/mol. The largest absolute Gasteiger partial charge is 0.497 e. The van der Waals surface area contributed by atoms with Gasteiger partial charge in [-0.2, -0.15) is 0 Å². The Hall–Kier alpha value is -3.55. The number of amides is 1. The highest BCUT2D eigenvalue weighted by Crippen LogP contribution is 2.38. The van der Waals surface area contributed by atoms with Crippen LogP contribution >= 0.6 is 0 Å². The van der Waals surface area contributed by atoms with Crippen LogP contribution in [0.3, 0.4) is 0 Å². The highest BCUT2D eigenvalue weighted by molar-refractivity contribution is 6.03. The van der Waals surface area contributed by atoms with Gasteiger partial charge in [-0.15, -0.1) is 0 Å². The van der Waals surface area contributed by atoms with Crippen LogP contribution in [0.25, 0.3) is 0 Å². The van der Waals surface area contributed by atoms with E-state index in [4.69, 9.17) is 13.9 Å². The molecule has 0 saturated heterocycles. The van der Waals surface area contributed by atoms with E-state index in [0.717, 1.165) is 5.56 Å². The monoisotopic (exact) mass is 451 g/mol. The van der Waals surface area contributed by atoms with Gasteiger partial charge in [-0.3, -0.25) is 9.59 Å². The van der Waals surface area contributed by atoms with E-state index < -0.39 is 11.9 Å². The van der Waals surface area contributed by atoms with Crippen LogP contribution in [0, 0.1) is 12.3 Å². The van der Waals surface area contributed by atoms with Gasteiger partial charge in [-0.25, -0.2) is 4.98 Å². The normalized spacial score (nSPS) is 15.6. The van der Waals surface area contributed by atoms with Crippen LogP contribution in [0.4, 0.5) is 0 Å². The Labute approximate surface area is 192 Å². The van der Waals surface area contributed by atoms with Crippen LogP contribution in [0.2, 0.25) is 0 Å². The number of ketones is 1. The van der Waals surface area contributed by atoms with Crippen molar-refractivity contribution in [2.75, 3.05) is 14.2 Å². The zero-order valence-electron chi connectivity index (χ0n) is 19.8. The lowest BCUT2D eigenvalue weighted by Gasteiger charge is -2.27. The molecule has 0 fully saturated rings. The van der Waals surface area contributed by atoms with Crippen molar-refractivity contribution in [2.24, 2.45) is 12.5 Å². The number of nitrogens with one attached hydrogen (secondary N) is 1. The molecule has 1 N–H and O–H groups in total. The molecule has 2 heterocycles. The predicted octanol–water partition coefficient (Wildman–Crippen LogP) is 4.01. The number of fused-ring (bicyclic) bond motifs is 1. The lowest BCUT2D eigenvalue weighted by atomic mass is 9.76. The second-order valence-electron chi connectivity index (χ2n) is 9.24. The first-order valence-electron chi connectivity index (χ1n) is 10.8. The van der Waals surface area contributed by atoms with Crippen LogP contribution in [0.15, 0.2) is 35.0 Å². The van der Waals surface area contributed by atoms with Crippen molar-refractivity contribution in [1.29, 1.82) is 0 Å². The van der Waals surface area contributed by atoms with E-state index in [9.17, 15) is 9.59 Å². The van der Waals surface area contributed by atoms with Crippen molar-refractivity contribution in [3.8, 4) is 11.5 Å². The maximum atomic E-state index is 13.4. The minimum absolute atomic E-state index is 0.0136. The fourth-order valence-electron chi connectivity index (χ4n) is 4.44. The molecular formula is C25H29N3O5. The molecule has 1 unspecified atom stereocenters. The van der Waals surface area contributed by atoms with Gasteiger partial charge in [-0.05, 0) is 30.0 Å². The third kappa shape index (κ3) is 4.25. The molecule has 0 spiro atoms. The molecule has 0 saturated carbocycles. The molecule has 33 heavy (non-hydrogen) atoms. The number of benzene rings is 1. The number of ether oxygens (including phenoxy) is 2. The summed E-state index contributed by atoms with van der Waals surface area (Å²) in [6.45, 7) is 5.81. The van der Waals surface area contributed by atoms with Crippen LogP contribution < -0.4 is 14.8 Å². The zero-order chi connectivity index (χ0) is 23.9. The molecular weight excluding hydrogens is 422 g/mol. The van der Waals surface area contributed by atoms with E-state index in [-0.39, 0.29) is 17.0 Å². The number of Topliss-reactive ketones (excluding diaryl/α,β-unsaturated/α-hetero) is 1. The van der Waals surface area contributed by atoms with Gasteiger partial charge in [0.05, 0.1) is 19.8 Å². The van der Waals surface area contributed by atoms with Crippen molar-refractivity contribution < 1.29 is 23.5 Å². The van der Waals surface area contributed by atoms with E-state index in [1.807, 2.05) is 43.8 Å². The van der Waals surface area contributed by atoms with Gasteiger partial charge in [0.2, 0.25) is 0 Å². The maximum absolute atomic E-state index is 13.4. The maximum Gasteiger partial charge on any atom is 0.288 e. The summed E-state index contributed by atoms with van der Waals surface area (Å²) in [7, 11) is 5.00. The van der Waals surface area contributed by atoms with Crippen LogP contribution in [0.1, 0.15) is 69.9 Å². The van der Waals surface area contributed by atoms with Crippen molar-refractivity contribution in [2.45, 2.75) is 39.7 Å². The highest BCUT2D eigenvalue weighted by Gasteiger charge is 2.37. The van der Waals surface area contributed by atoms with Crippen molar-refractivity contribution in [1.82, 2.24) is 14.9 Å². The minimum atomic E-state index is -0.602. The van der Waals surface area contributed by atoms with Gasteiger partial charge in [0.25, 0.3) is 5.91 Å². The number of rotatable bonds is 6. The molecule has 8 heteroatoms. The number of carbonyl (C=O) groups excluding carboxylic acids is 2. The minimum Gasteiger partial charge on any atom is -0.497 e. The molecule has 3 aromatic rings. The number of hydrogen-bond donors (Lipinski definition) is 1. The Morgan fingerprint density at radius 3 is 2.42 bits per heavy atom. The Morgan fingerprint density at radius 2 is 1.85 bits per heavy atom. The summed E-state index contributed by atoms with van der Waals surface area (Å²) in [4.78, 5) is 30.6. The van der Waals surface area contributed by atoms with E-state index in [0.29, 0.717) is 47.1 Å². The van der Waals surface area contributed by atoms with Crippen LogP contribution in [-0.2, 0) is 13.5 Å².